The van der Waals surface area contributed by atoms with Crippen molar-refractivity contribution in [1.82, 2.24) is 5.32 Å². The van der Waals surface area contributed by atoms with Crippen LogP contribution in [0.3, 0.4) is 0 Å². The van der Waals surface area contributed by atoms with Gasteiger partial charge in [-0.2, -0.15) is 0 Å². The van der Waals surface area contributed by atoms with Gasteiger partial charge in [0.15, 0.2) is 0 Å². The summed E-state index contributed by atoms with van der Waals surface area (Å²) in [5.41, 5.74) is 0. The fraction of sp³-hybridized carbons (Fsp3) is 0.923. The van der Waals surface area contributed by atoms with Crippen LogP contribution in [0.5, 0.6) is 0 Å². The molecule has 0 radical (unpaired) electrons. The van der Waals surface area contributed by atoms with Crippen LogP contribution in [-0.2, 0) is 9.53 Å². The molecule has 1 saturated heterocycles. The van der Waals surface area contributed by atoms with Gasteiger partial charge in [0.1, 0.15) is 6.10 Å². The molecule has 2 N–H and O–H groups in total. The van der Waals surface area contributed by atoms with Crippen molar-refractivity contribution in [3.63, 3.8) is 0 Å². The average Bonchev–Trinajstić information content (AvgIpc) is 2.38. The summed E-state index contributed by atoms with van der Waals surface area (Å²) >= 11 is 0. The standard InChI is InChI=1S/C13H25NO3/c1-3-10(4-2)11(15)9-14-13(16)12-7-5-6-8-17-12/h10-12,15H,3-9H2,1-2H3,(H,14,16). The highest BCUT2D eigenvalue weighted by molar-refractivity contribution is 5.80. The minimum Gasteiger partial charge on any atom is -0.391 e. The normalized spacial score (nSPS) is 22.5. The number of nitrogens with one attached hydrogen (secondary N) is 1. The van der Waals surface area contributed by atoms with E-state index in [0.29, 0.717) is 13.2 Å². The molecule has 0 aliphatic carbocycles. The first-order chi connectivity index (χ1) is 8.19. The number of carbonyl (C=O) groups is 1. The number of carbonyl (C=O) groups excluding carboxylic acids is 1. The van der Waals surface area contributed by atoms with Crippen LogP contribution in [0.1, 0.15) is 46.0 Å². The van der Waals surface area contributed by atoms with Gasteiger partial charge in [-0.15, -0.1) is 0 Å². The van der Waals surface area contributed by atoms with Crippen molar-refractivity contribution in [2.24, 2.45) is 5.92 Å². The Labute approximate surface area is 104 Å². The lowest BCUT2D eigenvalue weighted by atomic mass is 9.96. The van der Waals surface area contributed by atoms with Crippen LogP contribution in [0.25, 0.3) is 0 Å². The molecule has 4 heteroatoms. The summed E-state index contributed by atoms with van der Waals surface area (Å²) in [4.78, 5) is 11.8. The molecule has 0 aromatic heterocycles. The van der Waals surface area contributed by atoms with E-state index in [9.17, 15) is 9.90 Å². The zero-order valence-electron chi connectivity index (χ0n) is 10.9. The second-order valence-corrected chi connectivity index (χ2v) is 4.74. The zero-order chi connectivity index (χ0) is 12.7. The maximum atomic E-state index is 11.8. The van der Waals surface area contributed by atoms with E-state index in [0.717, 1.165) is 32.1 Å². The van der Waals surface area contributed by atoms with E-state index in [1.54, 1.807) is 0 Å². The van der Waals surface area contributed by atoms with Gasteiger partial charge in [0.05, 0.1) is 6.10 Å². The Bertz CT molecular complexity index is 223. The van der Waals surface area contributed by atoms with E-state index >= 15 is 0 Å². The smallest absolute Gasteiger partial charge is 0.249 e. The lowest BCUT2D eigenvalue weighted by Gasteiger charge is -2.24. The maximum Gasteiger partial charge on any atom is 0.249 e. The van der Waals surface area contributed by atoms with Gasteiger partial charge in [-0.1, -0.05) is 26.7 Å². The Hall–Kier alpha value is -0.610. The zero-order valence-corrected chi connectivity index (χ0v) is 10.9. The molecule has 0 spiro atoms. The first-order valence-electron chi connectivity index (χ1n) is 6.76. The minimum atomic E-state index is -0.447. The second-order valence-electron chi connectivity index (χ2n) is 4.74. The first-order valence-corrected chi connectivity index (χ1v) is 6.76. The molecule has 1 heterocycles. The molecule has 1 aliphatic heterocycles. The highest BCUT2D eigenvalue weighted by Crippen LogP contribution is 2.14. The number of aliphatic hydroxyl groups is 1. The van der Waals surface area contributed by atoms with E-state index in [-0.39, 0.29) is 17.9 Å². The molecule has 17 heavy (non-hydrogen) atoms. The molecule has 100 valence electrons. The predicted octanol–water partition coefficient (Wildman–Crippen LogP) is 1.47. The Balaban J connectivity index is 2.26. The fourth-order valence-electron chi connectivity index (χ4n) is 2.27. The molecule has 1 amide bonds. The monoisotopic (exact) mass is 243 g/mol. The van der Waals surface area contributed by atoms with Crippen molar-refractivity contribution in [3.8, 4) is 0 Å². The van der Waals surface area contributed by atoms with E-state index < -0.39 is 6.10 Å². The number of amides is 1. The second kappa shape index (κ2) is 7.67. The van der Waals surface area contributed by atoms with Gasteiger partial charge in [-0.3, -0.25) is 4.79 Å². The highest BCUT2D eigenvalue weighted by Gasteiger charge is 2.23. The molecule has 1 fully saturated rings. The van der Waals surface area contributed by atoms with E-state index in [2.05, 4.69) is 19.2 Å². The Morgan fingerprint density at radius 1 is 1.41 bits per heavy atom. The van der Waals surface area contributed by atoms with Gasteiger partial charge in [0, 0.05) is 13.2 Å². The molecule has 0 aromatic rings. The summed E-state index contributed by atoms with van der Waals surface area (Å²) in [6.07, 6.45) is 4.01. The molecule has 0 bridgehead atoms. The topological polar surface area (TPSA) is 58.6 Å². The summed E-state index contributed by atoms with van der Waals surface area (Å²) in [6.45, 7) is 5.13. The molecule has 4 nitrogen and oxygen atoms in total. The van der Waals surface area contributed by atoms with Crippen molar-refractivity contribution in [1.29, 1.82) is 0 Å². The number of aliphatic hydroxyl groups excluding tert-OH is 1. The molecule has 2 unspecified atom stereocenters. The number of hydrogen-bond acceptors (Lipinski definition) is 3. The minimum absolute atomic E-state index is 0.0743. The Morgan fingerprint density at radius 2 is 2.12 bits per heavy atom. The maximum absolute atomic E-state index is 11.8. The van der Waals surface area contributed by atoms with E-state index in [1.807, 2.05) is 0 Å². The summed E-state index contributed by atoms with van der Waals surface area (Å²) in [5.74, 6) is 0.192. The van der Waals surface area contributed by atoms with Crippen LogP contribution >= 0.6 is 0 Å². The van der Waals surface area contributed by atoms with Crippen LogP contribution in [0, 0.1) is 5.92 Å². The summed E-state index contributed by atoms with van der Waals surface area (Å²) in [7, 11) is 0. The third kappa shape index (κ3) is 4.64. The summed E-state index contributed by atoms with van der Waals surface area (Å²) < 4.78 is 5.39. The molecule has 0 aromatic carbocycles. The van der Waals surface area contributed by atoms with Crippen molar-refractivity contribution in [3.05, 3.63) is 0 Å². The highest BCUT2D eigenvalue weighted by atomic mass is 16.5. The van der Waals surface area contributed by atoms with Gasteiger partial charge in [0.25, 0.3) is 0 Å². The van der Waals surface area contributed by atoms with Crippen molar-refractivity contribution in [2.45, 2.75) is 58.2 Å². The molecular formula is C13H25NO3. The average molecular weight is 243 g/mol. The van der Waals surface area contributed by atoms with Gasteiger partial charge in [0.2, 0.25) is 5.91 Å². The lowest BCUT2D eigenvalue weighted by Crippen LogP contribution is -2.43. The predicted molar refractivity (Wildman–Crippen MR) is 66.7 cm³/mol. The molecule has 0 saturated carbocycles. The lowest BCUT2D eigenvalue weighted by molar-refractivity contribution is -0.136. The Kier molecular flexibility index (Phi) is 6.52. The first kappa shape index (κ1) is 14.5. The third-order valence-electron chi connectivity index (χ3n) is 3.55. The quantitative estimate of drug-likeness (QED) is 0.742. The van der Waals surface area contributed by atoms with E-state index in [1.165, 1.54) is 0 Å². The number of ether oxygens (including phenoxy) is 1. The van der Waals surface area contributed by atoms with Gasteiger partial charge < -0.3 is 15.2 Å². The fourth-order valence-corrected chi connectivity index (χ4v) is 2.27. The van der Waals surface area contributed by atoms with Gasteiger partial charge in [-0.05, 0) is 25.2 Å². The van der Waals surface area contributed by atoms with Gasteiger partial charge in [-0.25, -0.2) is 0 Å². The van der Waals surface area contributed by atoms with E-state index in [4.69, 9.17) is 4.74 Å². The summed E-state index contributed by atoms with van der Waals surface area (Å²) in [5, 5.41) is 12.7. The van der Waals surface area contributed by atoms with Crippen LogP contribution < -0.4 is 5.32 Å². The number of hydrogen-bond donors (Lipinski definition) is 2. The Morgan fingerprint density at radius 3 is 2.65 bits per heavy atom. The van der Waals surface area contributed by atoms with Crippen LogP contribution in [0.2, 0.25) is 0 Å². The number of rotatable bonds is 6. The van der Waals surface area contributed by atoms with Crippen molar-refractivity contribution in [2.75, 3.05) is 13.2 Å². The molecular weight excluding hydrogens is 218 g/mol. The molecule has 1 aliphatic rings. The largest absolute Gasteiger partial charge is 0.391 e. The van der Waals surface area contributed by atoms with Crippen molar-refractivity contribution >= 4 is 5.91 Å². The molecule has 2 atom stereocenters. The SMILES string of the molecule is CCC(CC)C(O)CNC(=O)C1CCCCO1. The third-order valence-corrected chi connectivity index (χ3v) is 3.55. The van der Waals surface area contributed by atoms with Crippen LogP contribution in [0.4, 0.5) is 0 Å². The van der Waals surface area contributed by atoms with Crippen LogP contribution in [0.15, 0.2) is 0 Å². The van der Waals surface area contributed by atoms with Crippen molar-refractivity contribution < 1.29 is 14.6 Å². The molecule has 1 rings (SSSR count). The van der Waals surface area contributed by atoms with Crippen LogP contribution in [-0.4, -0.2) is 36.4 Å². The summed E-state index contributed by atoms with van der Waals surface area (Å²) in [6, 6.07) is 0. The van der Waals surface area contributed by atoms with Gasteiger partial charge >= 0.3 is 0 Å².